The van der Waals surface area contributed by atoms with Gasteiger partial charge in [-0.1, -0.05) is 23.2 Å². The summed E-state index contributed by atoms with van der Waals surface area (Å²) in [7, 11) is 0. The fourth-order valence-corrected chi connectivity index (χ4v) is 2.70. The van der Waals surface area contributed by atoms with Crippen LogP contribution in [0.3, 0.4) is 0 Å². The Kier molecular flexibility index (Phi) is 4.41. The molecule has 0 saturated carbocycles. The summed E-state index contributed by atoms with van der Waals surface area (Å²) in [6.07, 6.45) is -3.97. The van der Waals surface area contributed by atoms with Gasteiger partial charge in [0, 0.05) is 18.3 Å². The minimum Gasteiger partial charge on any atom is -0.329 e. The Morgan fingerprint density at radius 2 is 1.85 bits per heavy atom. The third kappa shape index (κ3) is 2.84. The third-order valence-corrected chi connectivity index (χ3v) is 3.87. The first-order valence-corrected chi connectivity index (χ1v) is 6.80. The molecule has 0 bridgehead atoms. The molecule has 1 aliphatic heterocycles. The van der Waals surface area contributed by atoms with Crippen molar-refractivity contribution in [3.8, 4) is 0 Å². The summed E-state index contributed by atoms with van der Waals surface area (Å²) >= 11 is 12.2. The molecule has 4 nitrogen and oxygen atoms in total. The molecular weight excluding hydrogens is 338 g/mol. The van der Waals surface area contributed by atoms with Crippen molar-refractivity contribution in [2.45, 2.75) is 17.6 Å². The van der Waals surface area contributed by atoms with Gasteiger partial charge in [-0.05, 0) is 12.1 Å². The van der Waals surface area contributed by atoms with Crippen molar-refractivity contribution in [3.63, 3.8) is 0 Å². The number of hydrogen-bond acceptors (Lipinski definition) is 5. The summed E-state index contributed by atoms with van der Waals surface area (Å²) in [6, 6.07) is 1.51. The van der Waals surface area contributed by atoms with Crippen LogP contribution >= 0.6 is 35.2 Å². The summed E-state index contributed by atoms with van der Waals surface area (Å²) < 4.78 is 46.9. The Bertz CT molecular complexity index is 532. The average Bonchev–Trinajstić information content (AvgIpc) is 2.69. The molecule has 0 aliphatic carbocycles. The lowest BCUT2D eigenvalue weighted by Crippen LogP contribution is -2.42. The first kappa shape index (κ1) is 15.7. The van der Waals surface area contributed by atoms with Gasteiger partial charge in [0.2, 0.25) is 0 Å². The SMILES string of the molecule is NC1C(SO)C=NN1c1c(Cl)cc(C(F)(F)F)cc1Cl. The second kappa shape index (κ2) is 5.61. The number of anilines is 1. The van der Waals surface area contributed by atoms with E-state index in [0.29, 0.717) is 12.0 Å². The number of nitrogens with zero attached hydrogens (tertiary/aromatic N) is 2. The smallest absolute Gasteiger partial charge is 0.329 e. The van der Waals surface area contributed by atoms with Crippen LogP contribution in [0.4, 0.5) is 18.9 Å². The van der Waals surface area contributed by atoms with Gasteiger partial charge in [0.05, 0.1) is 21.3 Å². The van der Waals surface area contributed by atoms with Gasteiger partial charge < -0.3 is 10.3 Å². The fraction of sp³-hybridized carbons (Fsp3) is 0.300. The number of benzene rings is 1. The third-order valence-electron chi connectivity index (χ3n) is 2.65. The highest BCUT2D eigenvalue weighted by Gasteiger charge is 2.35. The molecule has 10 heteroatoms. The molecule has 1 aliphatic rings. The first-order valence-electron chi connectivity index (χ1n) is 5.21. The van der Waals surface area contributed by atoms with Crippen LogP contribution in [0.5, 0.6) is 0 Å². The summed E-state index contributed by atoms with van der Waals surface area (Å²) in [6.45, 7) is 0. The summed E-state index contributed by atoms with van der Waals surface area (Å²) in [5, 5.41) is 4.12. The Balaban J connectivity index is 2.42. The van der Waals surface area contributed by atoms with Crippen molar-refractivity contribution in [1.82, 2.24) is 0 Å². The van der Waals surface area contributed by atoms with Crippen LogP contribution in [0, 0.1) is 0 Å². The summed E-state index contributed by atoms with van der Waals surface area (Å²) in [5.41, 5.74) is 4.92. The largest absolute Gasteiger partial charge is 0.416 e. The molecule has 2 unspecified atom stereocenters. The van der Waals surface area contributed by atoms with E-state index in [1.165, 1.54) is 11.2 Å². The number of hydrogen-bond donors (Lipinski definition) is 2. The quantitative estimate of drug-likeness (QED) is 0.802. The van der Waals surface area contributed by atoms with Gasteiger partial charge in [-0.15, -0.1) is 0 Å². The maximum atomic E-state index is 12.6. The monoisotopic (exact) mass is 345 g/mol. The van der Waals surface area contributed by atoms with E-state index in [-0.39, 0.29) is 15.7 Å². The molecule has 0 spiro atoms. The van der Waals surface area contributed by atoms with Gasteiger partial charge in [-0.25, -0.2) is 5.01 Å². The van der Waals surface area contributed by atoms with Crippen LogP contribution in [0.15, 0.2) is 17.2 Å². The van der Waals surface area contributed by atoms with Gasteiger partial charge in [-0.3, -0.25) is 0 Å². The van der Waals surface area contributed by atoms with Crippen molar-refractivity contribution in [1.29, 1.82) is 0 Å². The first-order chi connectivity index (χ1) is 9.25. The Morgan fingerprint density at radius 3 is 2.25 bits per heavy atom. The minimum absolute atomic E-state index is 0.0710. The predicted molar refractivity (Wildman–Crippen MR) is 74.4 cm³/mol. The van der Waals surface area contributed by atoms with E-state index in [4.69, 9.17) is 33.5 Å². The highest BCUT2D eigenvalue weighted by atomic mass is 35.5. The van der Waals surface area contributed by atoms with E-state index in [1.54, 1.807) is 0 Å². The zero-order valence-electron chi connectivity index (χ0n) is 9.60. The molecule has 1 aromatic carbocycles. The lowest BCUT2D eigenvalue weighted by Gasteiger charge is -2.25. The fourth-order valence-electron chi connectivity index (χ4n) is 1.69. The molecule has 3 N–H and O–H groups in total. The van der Waals surface area contributed by atoms with E-state index >= 15 is 0 Å². The molecule has 20 heavy (non-hydrogen) atoms. The van der Waals surface area contributed by atoms with Crippen molar-refractivity contribution in [3.05, 3.63) is 27.7 Å². The maximum Gasteiger partial charge on any atom is 0.416 e. The van der Waals surface area contributed by atoms with E-state index in [1.807, 2.05) is 0 Å². The zero-order chi connectivity index (χ0) is 15.1. The summed E-state index contributed by atoms with van der Waals surface area (Å²) in [4.78, 5) is 0. The van der Waals surface area contributed by atoms with E-state index in [9.17, 15) is 13.2 Å². The number of halogens is 5. The molecule has 1 heterocycles. The molecule has 2 rings (SSSR count). The van der Waals surface area contributed by atoms with Gasteiger partial charge in [0.25, 0.3) is 0 Å². The number of alkyl halides is 3. The lowest BCUT2D eigenvalue weighted by atomic mass is 10.2. The highest BCUT2D eigenvalue weighted by Crippen LogP contribution is 2.41. The molecular formula is C10H8Cl2F3N3OS. The standard InChI is InChI=1S/C10H8Cl2F3N3OS/c11-5-1-4(10(13,14)15)2-6(12)8(5)18-9(16)7(20-19)3-17-18/h1-3,7,9,19H,16H2. The summed E-state index contributed by atoms with van der Waals surface area (Å²) in [5.74, 6) is 0. The molecule has 0 amide bonds. The van der Waals surface area contributed by atoms with Gasteiger partial charge >= 0.3 is 6.18 Å². The van der Waals surface area contributed by atoms with Crippen molar-refractivity contribution >= 4 is 47.1 Å². The van der Waals surface area contributed by atoms with E-state index < -0.39 is 23.2 Å². The van der Waals surface area contributed by atoms with Crippen molar-refractivity contribution in [2.24, 2.45) is 10.8 Å². The lowest BCUT2D eigenvalue weighted by molar-refractivity contribution is -0.137. The molecule has 0 saturated heterocycles. The molecule has 0 aromatic heterocycles. The van der Waals surface area contributed by atoms with Crippen LogP contribution in [0.2, 0.25) is 10.0 Å². The Morgan fingerprint density at radius 1 is 1.30 bits per heavy atom. The van der Waals surface area contributed by atoms with E-state index in [0.717, 1.165) is 12.1 Å². The van der Waals surface area contributed by atoms with Gasteiger partial charge in [0.1, 0.15) is 11.4 Å². The molecule has 110 valence electrons. The Labute approximate surface area is 126 Å². The van der Waals surface area contributed by atoms with Crippen molar-refractivity contribution in [2.75, 3.05) is 5.01 Å². The van der Waals surface area contributed by atoms with Crippen LogP contribution < -0.4 is 10.7 Å². The minimum atomic E-state index is -4.55. The second-order valence-corrected chi connectivity index (χ2v) is 5.53. The molecule has 1 aromatic rings. The van der Waals surface area contributed by atoms with Gasteiger partial charge in [0.15, 0.2) is 0 Å². The maximum absolute atomic E-state index is 12.6. The number of nitrogens with two attached hydrogens (primary N) is 1. The van der Waals surface area contributed by atoms with E-state index in [2.05, 4.69) is 5.10 Å². The van der Waals surface area contributed by atoms with Gasteiger partial charge in [-0.2, -0.15) is 18.3 Å². The zero-order valence-corrected chi connectivity index (χ0v) is 11.9. The van der Waals surface area contributed by atoms with Crippen molar-refractivity contribution < 1.29 is 17.7 Å². The average molecular weight is 346 g/mol. The van der Waals surface area contributed by atoms with Crippen LogP contribution in [-0.2, 0) is 6.18 Å². The topological polar surface area (TPSA) is 61.9 Å². The molecule has 0 fully saturated rings. The Hall–Kier alpha value is -0.670. The normalized spacial score (nSPS) is 22.6. The van der Waals surface area contributed by atoms with Crippen LogP contribution in [0.1, 0.15) is 5.56 Å². The number of rotatable bonds is 2. The number of hydrazone groups is 1. The second-order valence-electron chi connectivity index (χ2n) is 3.96. The molecule has 0 radical (unpaired) electrons. The predicted octanol–water partition coefficient (Wildman–Crippen LogP) is 3.68. The van der Waals surface area contributed by atoms with Crippen LogP contribution in [-0.4, -0.2) is 22.2 Å². The van der Waals surface area contributed by atoms with Crippen LogP contribution in [0.25, 0.3) is 0 Å². The molecule has 2 atom stereocenters. The highest BCUT2D eigenvalue weighted by molar-refractivity contribution is 7.95.